The molecule has 10 fully saturated rings. The molecule has 4 nitrogen and oxygen atoms in total. The number of hydrazine groups is 2. The minimum Gasteiger partial charge on any atom is -0.340 e. The summed E-state index contributed by atoms with van der Waals surface area (Å²) in [5.74, 6) is 0. The molecular formula is C24H45B18N4. The summed E-state index contributed by atoms with van der Waals surface area (Å²) in [6.07, 6.45) is 23.5. The van der Waals surface area contributed by atoms with Gasteiger partial charge in [0.15, 0.2) is 0 Å². The molecule has 22 heteroatoms. The largest absolute Gasteiger partial charge is 0.340 e. The number of rotatable bonds is 0. The van der Waals surface area contributed by atoms with Gasteiger partial charge in [-0.15, -0.1) is 47.9 Å². The van der Waals surface area contributed by atoms with Gasteiger partial charge in [-0.2, -0.15) is 0 Å². The lowest BCUT2D eigenvalue weighted by Crippen LogP contribution is -2.53. The lowest BCUT2D eigenvalue weighted by molar-refractivity contribution is 0.330. The normalized spacial score (nSPS) is 31.4. The minimum atomic E-state index is 0.777. The standard InChI is InChI=1S/C7H11B6.C6H11B4.C4H9B3N2.C4H8B2.C3H6B3N2/c1-2-8-6-11-4-12-7-10-3-9-5(1)13(6)7;1-2-8-6-9-4-7-5-10(6)3-1;1-2-8-9-6-3-5-4-7(1)9;1-2-5-4-6-3-1;1-2-7-5-3-6-8(7)4-1/h5-7H,1-4H2;6H,1-5H2;8H,1-4H2;1-4H2;1-3H2. The van der Waals surface area contributed by atoms with E-state index in [1.807, 2.05) is 0 Å². The van der Waals surface area contributed by atoms with E-state index in [2.05, 4.69) is 130 Å². The highest BCUT2D eigenvalue weighted by molar-refractivity contribution is 7.06. The molecule has 10 aliphatic rings. The summed E-state index contributed by atoms with van der Waals surface area (Å²) < 4.78 is 0. The molecule has 15 radical (unpaired) electrons. The van der Waals surface area contributed by atoms with Crippen LogP contribution in [-0.4, -0.2) is 158 Å². The monoisotopic (exact) mass is 588 g/mol. The summed E-state index contributed by atoms with van der Waals surface area (Å²) in [4.78, 5) is 6.67. The average molecular weight is 584 g/mol. The van der Waals surface area contributed by atoms with Gasteiger partial charge < -0.3 is 14.6 Å². The van der Waals surface area contributed by atoms with Crippen molar-refractivity contribution in [3.05, 3.63) is 0 Å². The molecule has 10 saturated heterocycles. The van der Waals surface area contributed by atoms with E-state index in [4.69, 9.17) is 0 Å². The molecule has 0 aromatic carbocycles. The Balaban J connectivity index is 0.000000103. The minimum absolute atomic E-state index is 0.777. The van der Waals surface area contributed by atoms with Crippen LogP contribution in [0.15, 0.2) is 0 Å². The van der Waals surface area contributed by atoms with Crippen molar-refractivity contribution >= 4 is 130 Å². The third kappa shape index (κ3) is 11.3. The number of nitrogens with one attached hydrogen (secondary N) is 1. The van der Waals surface area contributed by atoms with Gasteiger partial charge in [0, 0.05) is 6.54 Å². The molecule has 0 aromatic rings. The first-order valence-electron chi connectivity index (χ1n) is 19.3. The summed E-state index contributed by atoms with van der Waals surface area (Å²) in [5, 5.41) is 0. The van der Waals surface area contributed by atoms with Gasteiger partial charge in [-0.3, -0.25) is 5.43 Å². The SMILES string of the molecule is [B]1C[B]C2[B]CCC3[B]C[B]C1B23.[B]1C[B]C2[B]CCCB2C1.[B]1C[B]CCC1.[B]1C[B]N2CC[B]N12.[B]1C[B]N2NCCB2C1. The molecule has 0 aromatic heterocycles. The second-order valence-corrected chi connectivity index (χ2v) is 14.7. The van der Waals surface area contributed by atoms with Crippen LogP contribution in [-0.2, 0) is 0 Å². The van der Waals surface area contributed by atoms with Crippen molar-refractivity contribution in [1.29, 1.82) is 0 Å². The fourth-order valence-corrected chi connectivity index (χ4v) is 9.10. The molecule has 0 spiro atoms. The zero-order valence-corrected chi connectivity index (χ0v) is 28.7. The van der Waals surface area contributed by atoms with Crippen LogP contribution in [0.5, 0.6) is 0 Å². The maximum atomic E-state index is 3.32. The molecule has 1 N–H and O–H groups in total. The van der Waals surface area contributed by atoms with Gasteiger partial charge in [0.25, 0.3) is 0 Å². The Bertz CT molecular complexity index is 740. The Labute approximate surface area is 297 Å². The van der Waals surface area contributed by atoms with E-state index >= 15 is 0 Å². The van der Waals surface area contributed by atoms with Gasteiger partial charge >= 0.3 is 0 Å². The highest BCUT2D eigenvalue weighted by Crippen LogP contribution is 2.43. The number of hydrogen-bond donors (Lipinski definition) is 1. The number of nitrogens with zero attached hydrogens (tertiary/aromatic N) is 3. The summed E-state index contributed by atoms with van der Waals surface area (Å²) in [5.41, 5.74) is 6.75. The van der Waals surface area contributed by atoms with E-state index in [9.17, 15) is 0 Å². The van der Waals surface area contributed by atoms with Crippen molar-refractivity contribution in [2.45, 2.75) is 136 Å². The molecule has 10 heterocycles. The second kappa shape index (κ2) is 20.8. The molecule has 10 rings (SSSR count). The van der Waals surface area contributed by atoms with Crippen LogP contribution >= 0.6 is 0 Å². The highest BCUT2D eigenvalue weighted by Gasteiger charge is 2.45. The van der Waals surface area contributed by atoms with Crippen molar-refractivity contribution in [2.75, 3.05) is 13.1 Å². The molecule has 4 atom stereocenters. The van der Waals surface area contributed by atoms with Gasteiger partial charge in [-0.25, -0.2) is 0 Å². The van der Waals surface area contributed by atoms with Crippen molar-refractivity contribution in [1.82, 2.24) is 20.0 Å². The zero-order chi connectivity index (χ0) is 31.2. The molecule has 215 valence electrons. The van der Waals surface area contributed by atoms with Gasteiger partial charge in [0.2, 0.25) is 36.5 Å². The Kier molecular flexibility index (Phi) is 16.6. The fourth-order valence-electron chi connectivity index (χ4n) is 9.10. The Morgan fingerprint density at radius 3 is 2.15 bits per heavy atom. The Morgan fingerprint density at radius 1 is 0.565 bits per heavy atom. The first-order valence-corrected chi connectivity index (χ1v) is 19.3. The van der Waals surface area contributed by atoms with Crippen molar-refractivity contribution in [3.8, 4) is 0 Å². The van der Waals surface area contributed by atoms with Crippen LogP contribution in [0.4, 0.5) is 0 Å². The molecular weight excluding hydrogens is 539 g/mol. The van der Waals surface area contributed by atoms with Gasteiger partial charge in [0.05, 0.1) is 65.5 Å². The third-order valence-electron chi connectivity index (χ3n) is 11.6. The zero-order valence-electron chi connectivity index (χ0n) is 28.7. The Morgan fingerprint density at radius 2 is 1.37 bits per heavy atom. The molecule has 10 aliphatic heterocycles. The van der Waals surface area contributed by atoms with Crippen molar-refractivity contribution in [3.63, 3.8) is 0 Å². The van der Waals surface area contributed by atoms with Crippen LogP contribution in [0.1, 0.15) is 19.3 Å². The first kappa shape index (κ1) is 36.8. The molecule has 4 unspecified atom stereocenters. The van der Waals surface area contributed by atoms with Crippen LogP contribution < -0.4 is 5.43 Å². The highest BCUT2D eigenvalue weighted by atomic mass is 15.5. The van der Waals surface area contributed by atoms with Crippen molar-refractivity contribution in [2.24, 2.45) is 0 Å². The fraction of sp³-hybridized carbons (Fsp3) is 1.00. The summed E-state index contributed by atoms with van der Waals surface area (Å²) >= 11 is 0. The summed E-state index contributed by atoms with van der Waals surface area (Å²) in [6.45, 7) is 5.02. The lowest BCUT2D eigenvalue weighted by Gasteiger charge is -2.46. The molecule has 0 saturated carbocycles. The first-order chi connectivity index (χ1) is 22.8. The van der Waals surface area contributed by atoms with E-state index in [1.54, 1.807) is 0 Å². The van der Waals surface area contributed by atoms with Crippen molar-refractivity contribution < 1.29 is 0 Å². The molecule has 0 amide bonds. The smallest absolute Gasteiger partial charge is 0.220 e. The van der Waals surface area contributed by atoms with Crippen LogP contribution in [0.25, 0.3) is 0 Å². The number of hydrogen-bond acceptors (Lipinski definition) is 4. The predicted molar refractivity (Wildman–Crippen MR) is 223 cm³/mol. The molecule has 0 aliphatic carbocycles. The predicted octanol–water partition coefficient (Wildman–Crippen LogP) is 1.21. The van der Waals surface area contributed by atoms with E-state index in [-0.39, 0.29) is 0 Å². The van der Waals surface area contributed by atoms with E-state index in [0.717, 1.165) is 61.8 Å². The van der Waals surface area contributed by atoms with Gasteiger partial charge in [-0.1, -0.05) is 81.6 Å². The van der Waals surface area contributed by atoms with E-state index in [1.165, 1.54) is 107 Å². The number of fused-ring (bicyclic) bond motifs is 3. The summed E-state index contributed by atoms with van der Waals surface area (Å²) in [7, 11) is 35.9. The van der Waals surface area contributed by atoms with Crippen LogP contribution in [0.2, 0.25) is 117 Å². The quantitative estimate of drug-likeness (QED) is 0.433. The van der Waals surface area contributed by atoms with Crippen LogP contribution in [0.3, 0.4) is 0 Å². The van der Waals surface area contributed by atoms with E-state index < -0.39 is 0 Å². The average Bonchev–Trinajstić information content (AvgIpc) is 3.90. The Hall–Kier alpha value is 1.01. The third-order valence-corrected chi connectivity index (χ3v) is 11.6. The van der Waals surface area contributed by atoms with Gasteiger partial charge in [-0.05, 0) is 12.9 Å². The van der Waals surface area contributed by atoms with E-state index in [0.29, 0.717) is 0 Å². The maximum Gasteiger partial charge on any atom is 0.220 e. The molecule has 46 heavy (non-hydrogen) atoms. The molecule has 0 bridgehead atoms. The topological polar surface area (TPSA) is 21.8 Å². The lowest BCUT2D eigenvalue weighted by atomic mass is 8.93. The van der Waals surface area contributed by atoms with Crippen LogP contribution in [0, 0.1) is 0 Å². The second-order valence-electron chi connectivity index (χ2n) is 14.7. The van der Waals surface area contributed by atoms with Gasteiger partial charge in [0.1, 0.15) is 28.0 Å². The maximum absolute atomic E-state index is 3.32. The summed E-state index contributed by atoms with van der Waals surface area (Å²) in [6, 6.07) is 0.